The van der Waals surface area contributed by atoms with Gasteiger partial charge in [0.15, 0.2) is 6.10 Å². The number of hydrogen-bond donors (Lipinski definition) is 1. The molecule has 1 N–H and O–H groups in total. The van der Waals surface area contributed by atoms with Crippen molar-refractivity contribution < 1.29 is 14.3 Å². The highest BCUT2D eigenvalue weighted by Gasteiger charge is 2.24. The van der Waals surface area contributed by atoms with Crippen molar-refractivity contribution in [1.29, 1.82) is 0 Å². The number of hydrogen-bond acceptors (Lipinski definition) is 3. The van der Waals surface area contributed by atoms with Crippen LogP contribution in [0.3, 0.4) is 0 Å². The minimum atomic E-state index is -0.809. The Morgan fingerprint density at radius 3 is 2.65 bits per heavy atom. The molecular formula is C14H19ClN2O3. The second-order valence-corrected chi connectivity index (χ2v) is 5.63. The first-order chi connectivity index (χ1) is 9.47. The lowest BCUT2D eigenvalue weighted by Gasteiger charge is -2.17. The van der Waals surface area contributed by atoms with Crippen LogP contribution < -0.4 is 5.32 Å². The molecule has 1 heterocycles. The number of amides is 1. The SMILES string of the molecule is C[C@H](OC(=O)c1cc(Cl)cn1C)C(=O)NC1CCCC1. The smallest absolute Gasteiger partial charge is 0.355 e. The van der Waals surface area contributed by atoms with Crippen molar-refractivity contribution in [3.05, 3.63) is 23.0 Å². The first kappa shape index (κ1) is 14.9. The lowest BCUT2D eigenvalue weighted by atomic mass is 10.2. The monoisotopic (exact) mass is 298 g/mol. The van der Waals surface area contributed by atoms with Crippen LogP contribution in [-0.2, 0) is 16.6 Å². The van der Waals surface area contributed by atoms with Gasteiger partial charge in [-0.05, 0) is 25.8 Å². The highest BCUT2D eigenvalue weighted by atomic mass is 35.5. The van der Waals surface area contributed by atoms with E-state index in [4.69, 9.17) is 16.3 Å². The molecule has 1 fully saturated rings. The molecule has 1 aromatic heterocycles. The number of aromatic nitrogens is 1. The second-order valence-electron chi connectivity index (χ2n) is 5.19. The van der Waals surface area contributed by atoms with Crippen molar-refractivity contribution >= 4 is 23.5 Å². The fourth-order valence-corrected chi connectivity index (χ4v) is 2.64. The Morgan fingerprint density at radius 2 is 2.10 bits per heavy atom. The van der Waals surface area contributed by atoms with E-state index in [1.807, 2.05) is 0 Å². The Kier molecular flexibility index (Phi) is 4.70. The van der Waals surface area contributed by atoms with Crippen molar-refractivity contribution in [2.24, 2.45) is 7.05 Å². The molecule has 1 atom stereocenters. The number of carbonyl (C=O) groups is 2. The van der Waals surface area contributed by atoms with Gasteiger partial charge in [0, 0.05) is 19.3 Å². The van der Waals surface area contributed by atoms with Crippen LogP contribution in [0.15, 0.2) is 12.3 Å². The fraction of sp³-hybridized carbons (Fsp3) is 0.571. The number of nitrogens with one attached hydrogen (secondary N) is 1. The number of aryl methyl sites for hydroxylation is 1. The van der Waals surface area contributed by atoms with Gasteiger partial charge in [0.2, 0.25) is 0 Å². The molecule has 0 bridgehead atoms. The van der Waals surface area contributed by atoms with Crippen molar-refractivity contribution in [2.45, 2.75) is 44.8 Å². The van der Waals surface area contributed by atoms with E-state index in [0.29, 0.717) is 10.7 Å². The molecule has 2 rings (SSSR count). The van der Waals surface area contributed by atoms with Gasteiger partial charge in [0.05, 0.1) is 5.02 Å². The Hall–Kier alpha value is -1.49. The fourth-order valence-electron chi connectivity index (χ4n) is 2.39. The minimum Gasteiger partial charge on any atom is -0.448 e. The second kappa shape index (κ2) is 6.31. The van der Waals surface area contributed by atoms with E-state index in [0.717, 1.165) is 25.7 Å². The quantitative estimate of drug-likeness (QED) is 0.868. The minimum absolute atomic E-state index is 0.216. The van der Waals surface area contributed by atoms with Gasteiger partial charge in [-0.2, -0.15) is 0 Å². The molecule has 1 aromatic rings. The molecule has 0 aliphatic heterocycles. The van der Waals surface area contributed by atoms with E-state index < -0.39 is 12.1 Å². The zero-order chi connectivity index (χ0) is 14.7. The van der Waals surface area contributed by atoms with E-state index in [9.17, 15) is 9.59 Å². The third-order valence-electron chi connectivity index (χ3n) is 3.54. The van der Waals surface area contributed by atoms with E-state index in [-0.39, 0.29) is 11.9 Å². The molecule has 0 spiro atoms. The van der Waals surface area contributed by atoms with Gasteiger partial charge < -0.3 is 14.6 Å². The molecule has 0 unspecified atom stereocenters. The predicted molar refractivity (Wildman–Crippen MR) is 75.7 cm³/mol. The highest BCUT2D eigenvalue weighted by Crippen LogP contribution is 2.18. The van der Waals surface area contributed by atoms with Crippen LogP contribution in [0.25, 0.3) is 0 Å². The third kappa shape index (κ3) is 3.54. The number of carbonyl (C=O) groups excluding carboxylic acids is 2. The van der Waals surface area contributed by atoms with Gasteiger partial charge in [0.1, 0.15) is 5.69 Å². The average molecular weight is 299 g/mol. The third-order valence-corrected chi connectivity index (χ3v) is 3.74. The molecule has 6 heteroatoms. The van der Waals surface area contributed by atoms with Crippen molar-refractivity contribution in [3.8, 4) is 0 Å². The summed E-state index contributed by atoms with van der Waals surface area (Å²) in [5.41, 5.74) is 0.329. The highest BCUT2D eigenvalue weighted by molar-refractivity contribution is 6.30. The Balaban J connectivity index is 1.89. The summed E-state index contributed by atoms with van der Waals surface area (Å²) in [6.07, 6.45) is 5.08. The maximum Gasteiger partial charge on any atom is 0.355 e. The summed E-state index contributed by atoms with van der Waals surface area (Å²) in [6, 6.07) is 1.74. The van der Waals surface area contributed by atoms with Crippen molar-refractivity contribution in [3.63, 3.8) is 0 Å². The number of esters is 1. The Bertz CT molecular complexity index is 507. The lowest BCUT2D eigenvalue weighted by molar-refractivity contribution is -0.129. The standard InChI is InChI=1S/C14H19ClN2O3/c1-9(13(18)16-11-5-3-4-6-11)20-14(19)12-7-10(15)8-17(12)2/h7-9,11H,3-6H2,1-2H3,(H,16,18)/t9-/m0/s1. The van der Waals surface area contributed by atoms with E-state index in [1.54, 1.807) is 24.7 Å². The van der Waals surface area contributed by atoms with Gasteiger partial charge in [-0.15, -0.1) is 0 Å². The number of nitrogens with zero attached hydrogens (tertiary/aromatic N) is 1. The molecule has 1 saturated carbocycles. The molecule has 1 amide bonds. The topological polar surface area (TPSA) is 60.3 Å². The number of rotatable bonds is 4. The molecule has 0 saturated heterocycles. The lowest BCUT2D eigenvalue weighted by Crippen LogP contribution is -2.41. The van der Waals surface area contributed by atoms with Crippen LogP contribution in [0.4, 0.5) is 0 Å². The van der Waals surface area contributed by atoms with Crippen LogP contribution in [0.5, 0.6) is 0 Å². The van der Waals surface area contributed by atoms with E-state index >= 15 is 0 Å². The molecule has 5 nitrogen and oxygen atoms in total. The summed E-state index contributed by atoms with van der Waals surface area (Å²) in [5.74, 6) is -0.793. The van der Waals surface area contributed by atoms with Gasteiger partial charge in [-0.25, -0.2) is 4.79 Å². The van der Waals surface area contributed by atoms with Crippen molar-refractivity contribution in [2.75, 3.05) is 0 Å². The number of ether oxygens (including phenoxy) is 1. The summed E-state index contributed by atoms with van der Waals surface area (Å²) in [6.45, 7) is 1.58. The van der Waals surface area contributed by atoms with Gasteiger partial charge in [-0.3, -0.25) is 4.79 Å². The molecule has 1 aliphatic carbocycles. The summed E-state index contributed by atoms with van der Waals surface area (Å²) in [5, 5.41) is 3.37. The first-order valence-corrected chi connectivity index (χ1v) is 7.18. The number of halogens is 1. The molecular weight excluding hydrogens is 280 g/mol. The van der Waals surface area contributed by atoms with Crippen LogP contribution in [-0.4, -0.2) is 28.6 Å². The maximum atomic E-state index is 11.9. The summed E-state index contributed by atoms with van der Waals surface area (Å²) >= 11 is 5.81. The molecule has 110 valence electrons. The van der Waals surface area contributed by atoms with Gasteiger partial charge in [0.25, 0.3) is 5.91 Å². The zero-order valence-corrected chi connectivity index (χ0v) is 12.4. The normalized spacial score (nSPS) is 16.9. The predicted octanol–water partition coefficient (Wildman–Crippen LogP) is 2.28. The van der Waals surface area contributed by atoms with Crippen LogP contribution in [0.2, 0.25) is 5.02 Å². The zero-order valence-electron chi connectivity index (χ0n) is 11.7. The molecule has 1 aliphatic rings. The Labute approximate surface area is 123 Å². The maximum absolute atomic E-state index is 11.9. The molecule has 20 heavy (non-hydrogen) atoms. The van der Waals surface area contributed by atoms with Gasteiger partial charge in [-0.1, -0.05) is 24.4 Å². The molecule has 0 aromatic carbocycles. The molecule has 0 radical (unpaired) electrons. The van der Waals surface area contributed by atoms with Crippen LogP contribution in [0, 0.1) is 0 Å². The van der Waals surface area contributed by atoms with Crippen LogP contribution >= 0.6 is 11.6 Å². The summed E-state index contributed by atoms with van der Waals surface area (Å²) in [4.78, 5) is 23.9. The van der Waals surface area contributed by atoms with E-state index in [2.05, 4.69) is 5.32 Å². The van der Waals surface area contributed by atoms with Crippen LogP contribution in [0.1, 0.15) is 43.1 Å². The average Bonchev–Trinajstić information content (AvgIpc) is 2.98. The van der Waals surface area contributed by atoms with Crippen molar-refractivity contribution in [1.82, 2.24) is 9.88 Å². The van der Waals surface area contributed by atoms with E-state index in [1.165, 1.54) is 6.07 Å². The Morgan fingerprint density at radius 1 is 1.45 bits per heavy atom. The van der Waals surface area contributed by atoms with Gasteiger partial charge >= 0.3 is 5.97 Å². The summed E-state index contributed by atoms with van der Waals surface area (Å²) in [7, 11) is 1.70. The largest absolute Gasteiger partial charge is 0.448 e. The first-order valence-electron chi connectivity index (χ1n) is 6.80. The summed E-state index contributed by atoms with van der Waals surface area (Å²) < 4.78 is 6.75.